The fraction of sp³-hybridized carbons (Fsp3) is 0.500. The molecule has 0 aromatic carbocycles. The molecular formula is C8H14N2O. The van der Waals surface area contributed by atoms with Crippen molar-refractivity contribution in [1.29, 1.82) is 0 Å². The van der Waals surface area contributed by atoms with Gasteiger partial charge >= 0.3 is 0 Å². The number of nitrogens with one attached hydrogen (secondary N) is 1. The van der Waals surface area contributed by atoms with Gasteiger partial charge in [0.1, 0.15) is 5.76 Å². The maximum Gasteiger partial charge on any atom is 0.117 e. The van der Waals surface area contributed by atoms with Gasteiger partial charge in [0.25, 0.3) is 0 Å². The lowest BCUT2D eigenvalue weighted by atomic mass is 10.4. The van der Waals surface area contributed by atoms with E-state index in [2.05, 4.69) is 5.32 Å². The molecule has 0 saturated carbocycles. The molecule has 0 atom stereocenters. The quantitative estimate of drug-likeness (QED) is 0.614. The predicted molar refractivity (Wildman–Crippen MR) is 44.1 cm³/mol. The molecular weight excluding hydrogens is 140 g/mol. The zero-order valence-corrected chi connectivity index (χ0v) is 6.55. The molecule has 1 aromatic rings. The second-order valence-corrected chi connectivity index (χ2v) is 2.40. The molecule has 0 aliphatic carbocycles. The van der Waals surface area contributed by atoms with Gasteiger partial charge in [-0.2, -0.15) is 0 Å². The van der Waals surface area contributed by atoms with Gasteiger partial charge in [-0.1, -0.05) is 0 Å². The molecule has 11 heavy (non-hydrogen) atoms. The molecule has 0 bridgehead atoms. The van der Waals surface area contributed by atoms with Crippen LogP contribution in [0.5, 0.6) is 0 Å². The molecule has 1 aromatic heterocycles. The van der Waals surface area contributed by atoms with Crippen LogP contribution in [0.15, 0.2) is 22.8 Å². The summed E-state index contributed by atoms with van der Waals surface area (Å²) in [6, 6.07) is 3.84. The van der Waals surface area contributed by atoms with E-state index in [4.69, 9.17) is 10.2 Å². The minimum absolute atomic E-state index is 0.741. The van der Waals surface area contributed by atoms with E-state index in [1.807, 2.05) is 12.1 Å². The first-order valence-corrected chi connectivity index (χ1v) is 3.86. The van der Waals surface area contributed by atoms with Crippen LogP contribution in [0.4, 0.5) is 0 Å². The molecule has 0 amide bonds. The summed E-state index contributed by atoms with van der Waals surface area (Å²) in [4.78, 5) is 0. The van der Waals surface area contributed by atoms with Crippen molar-refractivity contribution in [3.05, 3.63) is 24.2 Å². The lowest BCUT2D eigenvalue weighted by Gasteiger charge is -1.99. The van der Waals surface area contributed by atoms with Crippen LogP contribution in [0.25, 0.3) is 0 Å². The molecule has 0 saturated heterocycles. The van der Waals surface area contributed by atoms with Crippen molar-refractivity contribution in [1.82, 2.24) is 5.32 Å². The van der Waals surface area contributed by atoms with Gasteiger partial charge in [0.05, 0.1) is 12.8 Å². The van der Waals surface area contributed by atoms with Crippen molar-refractivity contribution in [3.63, 3.8) is 0 Å². The first kappa shape index (κ1) is 8.30. The summed E-state index contributed by atoms with van der Waals surface area (Å²) in [6.45, 7) is 2.50. The van der Waals surface area contributed by atoms with Crippen LogP contribution in [0.3, 0.4) is 0 Å². The van der Waals surface area contributed by atoms with Crippen LogP contribution >= 0.6 is 0 Å². The molecule has 1 heterocycles. The summed E-state index contributed by atoms with van der Waals surface area (Å²) in [5, 5.41) is 3.21. The Labute approximate surface area is 66.6 Å². The maximum atomic E-state index is 5.32. The lowest BCUT2D eigenvalue weighted by Crippen LogP contribution is -2.17. The van der Waals surface area contributed by atoms with E-state index in [1.165, 1.54) is 0 Å². The fourth-order valence-corrected chi connectivity index (χ4v) is 0.852. The number of rotatable bonds is 5. The summed E-state index contributed by atoms with van der Waals surface area (Å²) in [7, 11) is 0. The van der Waals surface area contributed by atoms with Crippen molar-refractivity contribution < 1.29 is 4.42 Å². The standard InChI is InChI=1S/C8H14N2O/c9-4-2-5-10-7-8-3-1-6-11-8/h1,3,6,10H,2,4-5,7,9H2. The highest BCUT2D eigenvalue weighted by atomic mass is 16.3. The van der Waals surface area contributed by atoms with E-state index < -0.39 is 0 Å². The summed E-state index contributed by atoms with van der Waals surface area (Å²) in [5.41, 5.74) is 5.32. The van der Waals surface area contributed by atoms with Crippen molar-refractivity contribution in [3.8, 4) is 0 Å². The second-order valence-electron chi connectivity index (χ2n) is 2.40. The zero-order chi connectivity index (χ0) is 7.94. The van der Waals surface area contributed by atoms with E-state index in [0.29, 0.717) is 0 Å². The molecule has 0 spiro atoms. The normalized spacial score (nSPS) is 10.3. The number of hydrogen-bond donors (Lipinski definition) is 2. The van der Waals surface area contributed by atoms with Gasteiger partial charge in [0.2, 0.25) is 0 Å². The third-order valence-corrected chi connectivity index (χ3v) is 1.44. The Balaban J connectivity index is 2.04. The number of hydrogen-bond acceptors (Lipinski definition) is 3. The fourth-order valence-electron chi connectivity index (χ4n) is 0.852. The van der Waals surface area contributed by atoms with E-state index in [0.717, 1.165) is 31.8 Å². The van der Waals surface area contributed by atoms with Gasteiger partial charge in [-0.05, 0) is 31.6 Å². The van der Waals surface area contributed by atoms with E-state index >= 15 is 0 Å². The van der Waals surface area contributed by atoms with Crippen molar-refractivity contribution in [2.75, 3.05) is 13.1 Å². The zero-order valence-electron chi connectivity index (χ0n) is 6.55. The Bertz CT molecular complexity index is 172. The Morgan fingerprint density at radius 3 is 3.09 bits per heavy atom. The summed E-state index contributed by atoms with van der Waals surface area (Å²) in [6.07, 6.45) is 2.70. The van der Waals surface area contributed by atoms with Gasteiger partial charge in [-0.25, -0.2) is 0 Å². The van der Waals surface area contributed by atoms with Gasteiger partial charge in [0.15, 0.2) is 0 Å². The average molecular weight is 154 g/mol. The van der Waals surface area contributed by atoms with E-state index in [1.54, 1.807) is 6.26 Å². The Morgan fingerprint density at radius 2 is 2.45 bits per heavy atom. The summed E-state index contributed by atoms with van der Waals surface area (Å²) in [5.74, 6) is 0.974. The molecule has 62 valence electrons. The van der Waals surface area contributed by atoms with Crippen LogP contribution in [0.1, 0.15) is 12.2 Å². The molecule has 0 aliphatic rings. The first-order chi connectivity index (χ1) is 5.43. The Kier molecular flexibility index (Phi) is 3.72. The minimum Gasteiger partial charge on any atom is -0.468 e. The average Bonchev–Trinajstić information content (AvgIpc) is 2.50. The van der Waals surface area contributed by atoms with Crippen molar-refractivity contribution >= 4 is 0 Å². The van der Waals surface area contributed by atoms with E-state index in [-0.39, 0.29) is 0 Å². The third-order valence-electron chi connectivity index (χ3n) is 1.44. The molecule has 0 aliphatic heterocycles. The highest BCUT2D eigenvalue weighted by Gasteiger charge is 1.92. The lowest BCUT2D eigenvalue weighted by molar-refractivity contribution is 0.482. The molecule has 0 unspecified atom stereocenters. The van der Waals surface area contributed by atoms with Gasteiger partial charge < -0.3 is 15.5 Å². The molecule has 0 radical (unpaired) electrons. The number of nitrogens with two attached hydrogens (primary N) is 1. The predicted octanol–water partition coefficient (Wildman–Crippen LogP) is 0.718. The Morgan fingerprint density at radius 1 is 1.55 bits per heavy atom. The largest absolute Gasteiger partial charge is 0.468 e. The second kappa shape index (κ2) is 4.93. The van der Waals surface area contributed by atoms with Crippen molar-refractivity contribution in [2.45, 2.75) is 13.0 Å². The minimum atomic E-state index is 0.741. The van der Waals surface area contributed by atoms with Crippen LogP contribution in [0, 0.1) is 0 Å². The monoisotopic (exact) mass is 154 g/mol. The molecule has 3 nitrogen and oxygen atoms in total. The topological polar surface area (TPSA) is 51.2 Å². The molecule has 0 fully saturated rings. The summed E-state index contributed by atoms with van der Waals surface area (Å²) < 4.78 is 5.12. The van der Waals surface area contributed by atoms with Crippen LogP contribution in [-0.4, -0.2) is 13.1 Å². The number of furan rings is 1. The van der Waals surface area contributed by atoms with Crippen molar-refractivity contribution in [2.24, 2.45) is 5.73 Å². The van der Waals surface area contributed by atoms with Crippen LogP contribution in [0.2, 0.25) is 0 Å². The maximum absolute atomic E-state index is 5.32. The third kappa shape index (κ3) is 3.20. The first-order valence-electron chi connectivity index (χ1n) is 3.86. The van der Waals surface area contributed by atoms with E-state index in [9.17, 15) is 0 Å². The SMILES string of the molecule is NCCCNCc1ccco1. The smallest absolute Gasteiger partial charge is 0.117 e. The highest BCUT2D eigenvalue weighted by molar-refractivity contribution is 4.97. The van der Waals surface area contributed by atoms with Crippen LogP contribution < -0.4 is 11.1 Å². The molecule has 3 heteroatoms. The molecule has 3 N–H and O–H groups in total. The summed E-state index contributed by atoms with van der Waals surface area (Å²) >= 11 is 0. The Hall–Kier alpha value is -0.800. The van der Waals surface area contributed by atoms with Crippen LogP contribution in [-0.2, 0) is 6.54 Å². The van der Waals surface area contributed by atoms with Gasteiger partial charge in [-0.3, -0.25) is 0 Å². The van der Waals surface area contributed by atoms with Gasteiger partial charge in [0, 0.05) is 0 Å². The highest BCUT2D eigenvalue weighted by Crippen LogP contribution is 1.97. The molecule has 1 rings (SSSR count). The van der Waals surface area contributed by atoms with Gasteiger partial charge in [-0.15, -0.1) is 0 Å².